The SMILES string of the molecule is CCNC(=NCc1ccc(C)s1)NCC(C)(O)c1ccsc1.I. The van der Waals surface area contributed by atoms with Crippen LogP contribution in [0.1, 0.15) is 29.2 Å². The van der Waals surface area contributed by atoms with Crippen LogP contribution in [-0.2, 0) is 12.1 Å². The summed E-state index contributed by atoms with van der Waals surface area (Å²) in [5, 5.41) is 20.9. The van der Waals surface area contributed by atoms with E-state index < -0.39 is 5.60 Å². The van der Waals surface area contributed by atoms with Crippen molar-refractivity contribution in [1.29, 1.82) is 0 Å². The fraction of sp³-hybridized carbons (Fsp3) is 0.438. The van der Waals surface area contributed by atoms with Gasteiger partial charge in [0.1, 0.15) is 5.60 Å². The molecule has 0 aliphatic rings. The first kappa shape index (κ1) is 20.4. The van der Waals surface area contributed by atoms with Gasteiger partial charge < -0.3 is 15.7 Å². The normalized spacial score (nSPS) is 14.0. The van der Waals surface area contributed by atoms with Gasteiger partial charge in [-0.15, -0.1) is 35.3 Å². The first-order valence-corrected chi connectivity index (χ1v) is 9.10. The number of rotatable bonds is 6. The number of nitrogens with one attached hydrogen (secondary N) is 2. The highest BCUT2D eigenvalue weighted by atomic mass is 127. The molecule has 1 atom stereocenters. The molecule has 0 saturated carbocycles. The fourth-order valence-electron chi connectivity index (χ4n) is 2.00. The predicted molar refractivity (Wildman–Crippen MR) is 111 cm³/mol. The van der Waals surface area contributed by atoms with E-state index in [9.17, 15) is 5.11 Å². The number of halogens is 1. The third-order valence-corrected chi connectivity index (χ3v) is 4.95. The lowest BCUT2D eigenvalue weighted by atomic mass is 9.99. The molecule has 1 unspecified atom stereocenters. The van der Waals surface area contributed by atoms with Crippen LogP contribution >= 0.6 is 46.7 Å². The quantitative estimate of drug-likeness (QED) is 0.347. The van der Waals surface area contributed by atoms with Crippen molar-refractivity contribution < 1.29 is 5.11 Å². The Morgan fingerprint density at radius 3 is 2.65 bits per heavy atom. The van der Waals surface area contributed by atoms with Gasteiger partial charge in [-0.25, -0.2) is 4.99 Å². The maximum absolute atomic E-state index is 10.5. The van der Waals surface area contributed by atoms with E-state index in [1.54, 1.807) is 22.7 Å². The zero-order chi connectivity index (χ0) is 16.0. The topological polar surface area (TPSA) is 56.7 Å². The molecule has 0 radical (unpaired) electrons. The number of hydrogen-bond acceptors (Lipinski definition) is 4. The van der Waals surface area contributed by atoms with E-state index in [4.69, 9.17) is 0 Å². The van der Waals surface area contributed by atoms with Crippen molar-refractivity contribution in [2.75, 3.05) is 13.1 Å². The van der Waals surface area contributed by atoms with Crippen LogP contribution in [0.4, 0.5) is 0 Å². The van der Waals surface area contributed by atoms with Crippen LogP contribution < -0.4 is 10.6 Å². The minimum Gasteiger partial charge on any atom is -0.384 e. The van der Waals surface area contributed by atoms with Crippen molar-refractivity contribution in [1.82, 2.24) is 10.6 Å². The highest BCUT2D eigenvalue weighted by Crippen LogP contribution is 2.22. The van der Waals surface area contributed by atoms with Crippen molar-refractivity contribution in [2.45, 2.75) is 32.9 Å². The Bertz CT molecular complexity index is 609. The second-order valence-electron chi connectivity index (χ2n) is 5.35. The largest absolute Gasteiger partial charge is 0.384 e. The lowest BCUT2D eigenvalue weighted by molar-refractivity contribution is 0.0621. The summed E-state index contributed by atoms with van der Waals surface area (Å²) in [6, 6.07) is 6.16. The molecule has 0 aliphatic heterocycles. The van der Waals surface area contributed by atoms with Crippen LogP contribution in [0.15, 0.2) is 34.0 Å². The monoisotopic (exact) mass is 465 g/mol. The van der Waals surface area contributed by atoms with Crippen LogP contribution in [-0.4, -0.2) is 24.2 Å². The molecule has 2 heterocycles. The maximum atomic E-state index is 10.5. The molecule has 7 heteroatoms. The van der Waals surface area contributed by atoms with Crippen molar-refractivity contribution in [2.24, 2.45) is 4.99 Å². The molecule has 23 heavy (non-hydrogen) atoms. The maximum Gasteiger partial charge on any atom is 0.191 e. The highest BCUT2D eigenvalue weighted by molar-refractivity contribution is 14.0. The molecule has 0 fully saturated rings. The number of guanidine groups is 1. The van der Waals surface area contributed by atoms with Gasteiger partial charge >= 0.3 is 0 Å². The first-order valence-electron chi connectivity index (χ1n) is 7.34. The molecule has 2 aromatic rings. The summed E-state index contributed by atoms with van der Waals surface area (Å²) >= 11 is 3.35. The van der Waals surface area contributed by atoms with E-state index >= 15 is 0 Å². The Balaban J connectivity index is 0.00000264. The lowest BCUT2D eigenvalue weighted by Gasteiger charge is -2.24. The Morgan fingerprint density at radius 2 is 2.09 bits per heavy atom. The van der Waals surface area contributed by atoms with Gasteiger partial charge in [-0.1, -0.05) is 0 Å². The van der Waals surface area contributed by atoms with E-state index in [1.807, 2.05) is 30.7 Å². The molecule has 0 aliphatic carbocycles. The van der Waals surface area contributed by atoms with E-state index in [-0.39, 0.29) is 24.0 Å². The van der Waals surface area contributed by atoms with Gasteiger partial charge in [0.05, 0.1) is 13.1 Å². The summed E-state index contributed by atoms with van der Waals surface area (Å²) in [5.74, 6) is 0.726. The molecule has 0 saturated heterocycles. The van der Waals surface area contributed by atoms with E-state index in [0.717, 1.165) is 18.1 Å². The van der Waals surface area contributed by atoms with E-state index in [1.165, 1.54) is 9.75 Å². The van der Waals surface area contributed by atoms with Crippen LogP contribution in [0.3, 0.4) is 0 Å². The molecule has 0 aromatic carbocycles. The molecule has 0 spiro atoms. The van der Waals surface area contributed by atoms with Crippen molar-refractivity contribution in [3.63, 3.8) is 0 Å². The van der Waals surface area contributed by atoms with Gasteiger partial charge in [0.25, 0.3) is 0 Å². The lowest BCUT2D eigenvalue weighted by Crippen LogP contribution is -2.44. The Labute approximate surface area is 163 Å². The average molecular weight is 465 g/mol. The highest BCUT2D eigenvalue weighted by Gasteiger charge is 2.23. The minimum atomic E-state index is -0.907. The second kappa shape index (κ2) is 9.61. The number of hydrogen-bond donors (Lipinski definition) is 3. The fourth-order valence-corrected chi connectivity index (χ4v) is 3.60. The van der Waals surface area contributed by atoms with Crippen molar-refractivity contribution in [3.8, 4) is 0 Å². The van der Waals surface area contributed by atoms with Crippen LogP contribution in [0, 0.1) is 6.92 Å². The molecule has 2 rings (SSSR count). The molecule has 0 amide bonds. The Hall–Kier alpha value is -0.640. The summed E-state index contributed by atoms with van der Waals surface area (Å²) in [5.41, 5.74) is 0.0186. The number of aliphatic imine (C=N–C) groups is 1. The van der Waals surface area contributed by atoms with Gasteiger partial charge in [-0.05, 0) is 55.3 Å². The zero-order valence-corrected chi connectivity index (χ0v) is 17.6. The Morgan fingerprint density at radius 1 is 1.30 bits per heavy atom. The molecule has 0 bridgehead atoms. The zero-order valence-electron chi connectivity index (χ0n) is 13.6. The smallest absolute Gasteiger partial charge is 0.191 e. The minimum absolute atomic E-state index is 0. The summed E-state index contributed by atoms with van der Waals surface area (Å²) in [6.45, 7) is 7.79. The first-order chi connectivity index (χ1) is 10.5. The number of aliphatic hydroxyl groups is 1. The molecule has 2 aromatic heterocycles. The van der Waals surface area contributed by atoms with Crippen LogP contribution in [0.2, 0.25) is 0 Å². The summed E-state index contributed by atoms with van der Waals surface area (Å²) in [4.78, 5) is 7.11. The number of aryl methyl sites for hydroxylation is 1. The summed E-state index contributed by atoms with van der Waals surface area (Å²) < 4.78 is 0. The second-order valence-corrected chi connectivity index (χ2v) is 7.50. The van der Waals surface area contributed by atoms with Gasteiger partial charge in [0.2, 0.25) is 0 Å². The standard InChI is InChI=1S/C16H23N3OS2.HI/c1-4-17-15(18-9-14-6-5-12(2)22-14)19-11-16(3,20)13-7-8-21-10-13;/h5-8,10,20H,4,9,11H2,1-3H3,(H2,17,18,19);1H. The van der Waals surface area contributed by atoms with Gasteiger partial charge in [-0.3, -0.25) is 0 Å². The number of thiophene rings is 2. The third-order valence-electron chi connectivity index (χ3n) is 3.28. The van der Waals surface area contributed by atoms with Crippen molar-refractivity contribution in [3.05, 3.63) is 44.3 Å². The summed E-state index contributed by atoms with van der Waals surface area (Å²) in [7, 11) is 0. The molecule has 4 nitrogen and oxygen atoms in total. The summed E-state index contributed by atoms with van der Waals surface area (Å²) in [6.07, 6.45) is 0. The van der Waals surface area contributed by atoms with Crippen molar-refractivity contribution >= 4 is 52.6 Å². The van der Waals surface area contributed by atoms with Gasteiger partial charge in [0.15, 0.2) is 5.96 Å². The van der Waals surface area contributed by atoms with Crippen LogP contribution in [0.25, 0.3) is 0 Å². The predicted octanol–water partition coefficient (Wildman–Crippen LogP) is 3.70. The number of nitrogens with zero attached hydrogens (tertiary/aromatic N) is 1. The third kappa shape index (κ3) is 6.40. The molecular formula is C16H24IN3OS2. The van der Waals surface area contributed by atoms with E-state index in [0.29, 0.717) is 13.1 Å². The molecule has 3 N–H and O–H groups in total. The van der Waals surface area contributed by atoms with E-state index in [2.05, 4.69) is 34.7 Å². The Kier molecular flexibility index (Phi) is 8.52. The molecular weight excluding hydrogens is 441 g/mol. The van der Waals surface area contributed by atoms with Gasteiger partial charge in [0, 0.05) is 16.3 Å². The molecule has 128 valence electrons. The average Bonchev–Trinajstić information content (AvgIpc) is 3.13. The van der Waals surface area contributed by atoms with Crippen LogP contribution in [0.5, 0.6) is 0 Å². The van der Waals surface area contributed by atoms with Gasteiger partial charge in [-0.2, -0.15) is 11.3 Å².